The van der Waals surface area contributed by atoms with Crippen molar-refractivity contribution in [3.05, 3.63) is 58.1 Å². The number of sulfonamides is 1. The Morgan fingerprint density at radius 3 is 2.50 bits per heavy atom. The van der Waals surface area contributed by atoms with Gasteiger partial charge in [0.2, 0.25) is 0 Å². The average molecular weight is 384 g/mol. The minimum atomic E-state index is -3.69. The van der Waals surface area contributed by atoms with Crippen molar-refractivity contribution in [3.63, 3.8) is 0 Å². The molecule has 0 bridgehead atoms. The van der Waals surface area contributed by atoms with Gasteiger partial charge in [0.15, 0.2) is 0 Å². The molecule has 0 aliphatic heterocycles. The lowest BCUT2D eigenvalue weighted by atomic mass is 10.1. The van der Waals surface area contributed by atoms with Gasteiger partial charge in [-0.05, 0) is 48.9 Å². The number of anilines is 1. The van der Waals surface area contributed by atoms with E-state index in [1.165, 1.54) is 31.4 Å². The van der Waals surface area contributed by atoms with Gasteiger partial charge in [-0.15, -0.1) is 0 Å². The van der Waals surface area contributed by atoms with E-state index in [9.17, 15) is 13.2 Å². The van der Waals surface area contributed by atoms with Crippen LogP contribution < -0.4 is 4.72 Å². The first-order chi connectivity index (χ1) is 10.3. The highest BCUT2D eigenvalue weighted by Crippen LogP contribution is 2.22. The van der Waals surface area contributed by atoms with Gasteiger partial charge in [0, 0.05) is 4.47 Å². The summed E-state index contributed by atoms with van der Waals surface area (Å²) in [5.41, 5.74) is 1.40. The van der Waals surface area contributed by atoms with Crippen LogP contribution in [0.1, 0.15) is 15.9 Å². The number of rotatable bonds is 4. The zero-order valence-electron chi connectivity index (χ0n) is 12.0. The van der Waals surface area contributed by atoms with Crippen LogP contribution in [0.2, 0.25) is 0 Å². The molecule has 0 saturated carbocycles. The first kappa shape index (κ1) is 16.5. The standard InChI is InChI=1S/C15H14BrNO4S/c1-10-8-11(15(18)21-2)6-7-14(10)17-22(19,20)13-5-3-4-12(16)9-13/h3-9,17H,1-2H3. The highest BCUT2D eigenvalue weighted by molar-refractivity contribution is 9.10. The van der Waals surface area contributed by atoms with E-state index in [-0.39, 0.29) is 4.90 Å². The van der Waals surface area contributed by atoms with Crippen LogP contribution in [-0.2, 0) is 14.8 Å². The molecule has 5 nitrogen and oxygen atoms in total. The molecule has 0 unspecified atom stereocenters. The Labute approximate surface area is 137 Å². The smallest absolute Gasteiger partial charge is 0.337 e. The van der Waals surface area contributed by atoms with Crippen molar-refractivity contribution in [2.75, 3.05) is 11.8 Å². The normalized spacial score (nSPS) is 11.0. The zero-order valence-corrected chi connectivity index (χ0v) is 14.4. The number of esters is 1. The van der Waals surface area contributed by atoms with Gasteiger partial charge in [-0.25, -0.2) is 13.2 Å². The van der Waals surface area contributed by atoms with Crippen molar-refractivity contribution < 1.29 is 17.9 Å². The number of hydrogen-bond donors (Lipinski definition) is 1. The summed E-state index contributed by atoms with van der Waals surface area (Å²) in [6.07, 6.45) is 0. The lowest BCUT2D eigenvalue weighted by molar-refractivity contribution is 0.0600. The largest absolute Gasteiger partial charge is 0.465 e. The first-order valence-electron chi connectivity index (χ1n) is 6.31. The molecule has 0 saturated heterocycles. The fraction of sp³-hybridized carbons (Fsp3) is 0.133. The fourth-order valence-corrected chi connectivity index (χ4v) is 3.59. The van der Waals surface area contributed by atoms with Crippen LogP contribution in [0.15, 0.2) is 51.8 Å². The van der Waals surface area contributed by atoms with E-state index >= 15 is 0 Å². The second-order valence-corrected chi connectivity index (χ2v) is 7.18. The molecule has 0 amide bonds. The van der Waals surface area contributed by atoms with Crippen LogP contribution in [0.4, 0.5) is 5.69 Å². The monoisotopic (exact) mass is 383 g/mol. The average Bonchev–Trinajstić information content (AvgIpc) is 2.48. The van der Waals surface area contributed by atoms with E-state index in [1.54, 1.807) is 25.1 Å². The maximum atomic E-state index is 12.4. The van der Waals surface area contributed by atoms with Gasteiger partial charge in [0.1, 0.15) is 0 Å². The minimum Gasteiger partial charge on any atom is -0.465 e. The number of aryl methyl sites for hydroxylation is 1. The number of ether oxygens (including phenoxy) is 1. The van der Waals surface area contributed by atoms with Crippen LogP contribution in [0.5, 0.6) is 0 Å². The number of nitrogens with one attached hydrogen (secondary N) is 1. The predicted molar refractivity (Wildman–Crippen MR) is 87.5 cm³/mol. The summed E-state index contributed by atoms with van der Waals surface area (Å²) in [7, 11) is -2.40. The molecular weight excluding hydrogens is 370 g/mol. The Morgan fingerprint density at radius 2 is 1.91 bits per heavy atom. The van der Waals surface area contributed by atoms with Crippen molar-refractivity contribution in [2.45, 2.75) is 11.8 Å². The molecule has 2 rings (SSSR count). The molecule has 0 atom stereocenters. The summed E-state index contributed by atoms with van der Waals surface area (Å²) in [5, 5.41) is 0. The molecule has 0 spiro atoms. The Kier molecular flexibility index (Phi) is 4.87. The molecule has 0 heterocycles. The molecule has 22 heavy (non-hydrogen) atoms. The number of benzene rings is 2. The topological polar surface area (TPSA) is 72.5 Å². The van der Waals surface area contributed by atoms with Crippen molar-refractivity contribution in [1.82, 2.24) is 0 Å². The van der Waals surface area contributed by atoms with E-state index in [1.807, 2.05) is 0 Å². The number of hydrogen-bond acceptors (Lipinski definition) is 4. The van der Waals surface area contributed by atoms with E-state index in [4.69, 9.17) is 0 Å². The second-order valence-electron chi connectivity index (χ2n) is 4.58. The van der Waals surface area contributed by atoms with E-state index in [0.29, 0.717) is 21.3 Å². The third-order valence-electron chi connectivity index (χ3n) is 3.00. The number of methoxy groups -OCH3 is 1. The Bertz CT molecular complexity index is 818. The Balaban J connectivity index is 2.32. The molecule has 2 aromatic carbocycles. The number of carbonyl (C=O) groups excluding carboxylic acids is 1. The molecule has 7 heteroatoms. The summed E-state index contributed by atoms with van der Waals surface area (Å²) in [4.78, 5) is 11.6. The third kappa shape index (κ3) is 3.66. The van der Waals surface area contributed by atoms with E-state index in [0.717, 1.165) is 0 Å². The van der Waals surface area contributed by atoms with Crippen LogP contribution in [0.3, 0.4) is 0 Å². The van der Waals surface area contributed by atoms with Gasteiger partial charge in [-0.3, -0.25) is 4.72 Å². The second kappa shape index (κ2) is 6.50. The summed E-state index contributed by atoms with van der Waals surface area (Å²) in [5.74, 6) is -0.468. The molecule has 0 aliphatic carbocycles. The lowest BCUT2D eigenvalue weighted by Crippen LogP contribution is -2.14. The maximum absolute atomic E-state index is 12.4. The lowest BCUT2D eigenvalue weighted by Gasteiger charge is -2.11. The molecule has 1 N–H and O–H groups in total. The van der Waals surface area contributed by atoms with E-state index < -0.39 is 16.0 Å². The minimum absolute atomic E-state index is 0.151. The molecule has 2 aromatic rings. The number of carbonyl (C=O) groups is 1. The van der Waals surface area contributed by atoms with Crippen LogP contribution in [-0.4, -0.2) is 21.5 Å². The summed E-state index contributed by atoms with van der Waals surface area (Å²) >= 11 is 3.24. The molecule has 0 aromatic heterocycles. The summed E-state index contributed by atoms with van der Waals surface area (Å²) < 4.78 is 32.5. The van der Waals surface area contributed by atoms with Crippen LogP contribution in [0.25, 0.3) is 0 Å². The Morgan fingerprint density at radius 1 is 1.18 bits per heavy atom. The van der Waals surface area contributed by atoms with Gasteiger partial charge < -0.3 is 4.74 Å². The van der Waals surface area contributed by atoms with Crippen LogP contribution in [0, 0.1) is 6.92 Å². The van der Waals surface area contributed by atoms with Crippen molar-refractivity contribution in [3.8, 4) is 0 Å². The molecule has 116 valence electrons. The molecule has 0 aliphatic rings. The summed E-state index contributed by atoms with van der Waals surface area (Å²) in [6.45, 7) is 1.71. The number of halogens is 1. The molecular formula is C15H14BrNO4S. The van der Waals surface area contributed by atoms with Gasteiger partial charge in [-0.1, -0.05) is 22.0 Å². The summed E-state index contributed by atoms with van der Waals surface area (Å²) in [6, 6.07) is 11.0. The fourth-order valence-electron chi connectivity index (χ4n) is 1.86. The highest BCUT2D eigenvalue weighted by atomic mass is 79.9. The van der Waals surface area contributed by atoms with Crippen molar-refractivity contribution in [1.29, 1.82) is 0 Å². The predicted octanol–water partition coefficient (Wildman–Crippen LogP) is 3.34. The Hall–Kier alpha value is -1.86. The van der Waals surface area contributed by atoms with E-state index in [2.05, 4.69) is 25.4 Å². The molecule has 0 fully saturated rings. The third-order valence-corrected chi connectivity index (χ3v) is 4.85. The SMILES string of the molecule is COC(=O)c1ccc(NS(=O)(=O)c2cccc(Br)c2)c(C)c1. The molecule has 0 radical (unpaired) electrons. The van der Waals surface area contributed by atoms with Crippen molar-refractivity contribution in [2.24, 2.45) is 0 Å². The van der Waals surface area contributed by atoms with Gasteiger partial charge in [0.25, 0.3) is 10.0 Å². The van der Waals surface area contributed by atoms with Crippen molar-refractivity contribution >= 4 is 37.6 Å². The van der Waals surface area contributed by atoms with Crippen LogP contribution >= 0.6 is 15.9 Å². The maximum Gasteiger partial charge on any atom is 0.337 e. The van der Waals surface area contributed by atoms with Gasteiger partial charge >= 0.3 is 5.97 Å². The highest BCUT2D eigenvalue weighted by Gasteiger charge is 2.16. The quantitative estimate of drug-likeness (QED) is 0.821. The van der Waals surface area contributed by atoms with Gasteiger partial charge in [-0.2, -0.15) is 0 Å². The first-order valence-corrected chi connectivity index (χ1v) is 8.58. The van der Waals surface area contributed by atoms with Gasteiger partial charge in [0.05, 0.1) is 23.3 Å². The zero-order chi connectivity index (χ0) is 16.3.